The van der Waals surface area contributed by atoms with Crippen LogP contribution in [0.1, 0.15) is 25.7 Å². The molecule has 5 heteroatoms. The summed E-state index contributed by atoms with van der Waals surface area (Å²) in [5.74, 6) is -2.71. The summed E-state index contributed by atoms with van der Waals surface area (Å²) < 4.78 is 32.7. The van der Waals surface area contributed by atoms with E-state index in [1.807, 2.05) is 0 Å². The smallest absolute Gasteiger partial charge is 0.318 e. The number of hydrogen-bond acceptors (Lipinski definition) is 3. The molecule has 0 radical (unpaired) electrons. The van der Waals surface area contributed by atoms with Crippen LogP contribution in [-0.2, 0) is 9.53 Å². The normalized spacial score (nSPS) is 33.4. The van der Waals surface area contributed by atoms with Crippen LogP contribution in [0.25, 0.3) is 0 Å². The van der Waals surface area contributed by atoms with E-state index in [4.69, 9.17) is 0 Å². The molecule has 1 aliphatic carbocycles. The van der Waals surface area contributed by atoms with Crippen molar-refractivity contribution < 1.29 is 18.3 Å². The van der Waals surface area contributed by atoms with Crippen molar-refractivity contribution in [2.45, 2.75) is 31.6 Å². The van der Waals surface area contributed by atoms with E-state index in [-0.39, 0.29) is 12.2 Å². The average Bonchev–Trinajstić information content (AvgIpc) is 3.04. The van der Waals surface area contributed by atoms with Gasteiger partial charge in [-0.05, 0) is 18.1 Å². The minimum absolute atomic E-state index is 0.198. The molecule has 0 aromatic rings. The topological polar surface area (TPSA) is 26.3 Å². The number of carbonyl (C=O) groups is 1. The first-order valence-electron chi connectivity index (χ1n) is 5.56. The van der Waals surface area contributed by atoms with Gasteiger partial charge in [0.15, 0.2) is 0 Å². The van der Waals surface area contributed by atoms with E-state index >= 15 is 0 Å². The average molecular weight is 250 g/mol. The first-order valence-corrected chi connectivity index (χ1v) is 6.71. The summed E-state index contributed by atoms with van der Waals surface area (Å²) in [4.78, 5) is 11.8. The Morgan fingerprint density at radius 3 is 2.69 bits per heavy atom. The Bertz CT molecular complexity index is 292. The molecule has 1 aliphatic heterocycles. The predicted octanol–water partition coefficient (Wildman–Crippen LogP) is 2.72. The van der Waals surface area contributed by atoms with Crippen LogP contribution in [0.4, 0.5) is 8.78 Å². The van der Waals surface area contributed by atoms with E-state index in [0.717, 1.165) is 12.8 Å². The lowest BCUT2D eigenvalue weighted by Gasteiger charge is -2.41. The van der Waals surface area contributed by atoms with Crippen molar-refractivity contribution in [2.75, 3.05) is 18.6 Å². The van der Waals surface area contributed by atoms with Gasteiger partial charge in [0, 0.05) is 12.2 Å². The molecule has 0 N–H and O–H groups in total. The summed E-state index contributed by atoms with van der Waals surface area (Å²) in [5.41, 5.74) is -1.56. The van der Waals surface area contributed by atoms with Crippen LogP contribution >= 0.6 is 11.8 Å². The second kappa shape index (κ2) is 4.17. The first-order chi connectivity index (χ1) is 7.52. The van der Waals surface area contributed by atoms with Gasteiger partial charge in [-0.2, -0.15) is 11.8 Å². The van der Waals surface area contributed by atoms with Gasteiger partial charge in [0.2, 0.25) is 0 Å². The zero-order valence-electron chi connectivity index (χ0n) is 9.30. The van der Waals surface area contributed by atoms with E-state index in [0.29, 0.717) is 18.1 Å². The highest BCUT2D eigenvalue weighted by Crippen LogP contribution is 2.54. The van der Waals surface area contributed by atoms with E-state index in [2.05, 4.69) is 4.74 Å². The number of alkyl halides is 2. The van der Waals surface area contributed by atoms with Crippen molar-refractivity contribution in [1.82, 2.24) is 0 Å². The minimum atomic E-state index is -2.91. The van der Waals surface area contributed by atoms with Crippen molar-refractivity contribution in [3.05, 3.63) is 0 Å². The molecule has 2 aliphatic rings. The van der Waals surface area contributed by atoms with E-state index < -0.39 is 17.3 Å². The fraction of sp³-hybridized carbons (Fsp3) is 0.909. The molecule has 0 spiro atoms. The van der Waals surface area contributed by atoms with Crippen LogP contribution in [-0.4, -0.2) is 30.5 Å². The maximum absolute atomic E-state index is 14.0. The van der Waals surface area contributed by atoms with E-state index in [9.17, 15) is 13.6 Å². The zero-order chi connectivity index (χ0) is 11.8. The number of halogens is 2. The lowest BCUT2D eigenvalue weighted by atomic mass is 9.76. The summed E-state index contributed by atoms with van der Waals surface area (Å²) in [7, 11) is 1.20. The Balaban J connectivity index is 2.25. The van der Waals surface area contributed by atoms with Gasteiger partial charge >= 0.3 is 5.97 Å². The summed E-state index contributed by atoms with van der Waals surface area (Å²) >= 11 is 1.44. The summed E-state index contributed by atoms with van der Waals surface area (Å²) in [6.07, 6.45) is 2.03. The summed E-state index contributed by atoms with van der Waals surface area (Å²) in [5, 5.41) is 0. The van der Waals surface area contributed by atoms with Gasteiger partial charge in [-0.3, -0.25) is 4.79 Å². The third kappa shape index (κ3) is 1.94. The van der Waals surface area contributed by atoms with Crippen LogP contribution in [0, 0.1) is 11.3 Å². The fourth-order valence-electron chi connectivity index (χ4n) is 2.30. The SMILES string of the molecule is COC(=O)C1(CC2CC2)CSCCC1(F)F. The summed E-state index contributed by atoms with van der Waals surface area (Å²) in [6.45, 7) is 0. The highest BCUT2D eigenvalue weighted by Gasteiger charge is 2.62. The van der Waals surface area contributed by atoms with Crippen molar-refractivity contribution >= 4 is 17.7 Å². The molecule has 16 heavy (non-hydrogen) atoms. The number of methoxy groups -OCH3 is 1. The van der Waals surface area contributed by atoms with Crippen LogP contribution in [0.2, 0.25) is 0 Å². The lowest BCUT2D eigenvalue weighted by molar-refractivity contribution is -0.182. The fourth-order valence-corrected chi connectivity index (χ4v) is 3.64. The first kappa shape index (κ1) is 12.1. The molecule has 0 aromatic carbocycles. The third-order valence-electron chi connectivity index (χ3n) is 3.52. The van der Waals surface area contributed by atoms with Gasteiger partial charge in [-0.15, -0.1) is 0 Å². The Labute approximate surface area is 98.1 Å². The molecule has 0 bridgehead atoms. The molecule has 0 amide bonds. The Morgan fingerprint density at radius 2 is 2.19 bits per heavy atom. The number of thioether (sulfide) groups is 1. The second-order valence-corrected chi connectivity index (χ2v) is 5.83. The Kier molecular flexibility index (Phi) is 3.16. The minimum Gasteiger partial charge on any atom is -0.468 e. The number of hydrogen-bond donors (Lipinski definition) is 0. The molecule has 92 valence electrons. The van der Waals surface area contributed by atoms with Gasteiger partial charge in [0.25, 0.3) is 5.92 Å². The quantitative estimate of drug-likeness (QED) is 0.720. The van der Waals surface area contributed by atoms with Crippen molar-refractivity contribution in [3.8, 4) is 0 Å². The number of carbonyl (C=O) groups excluding carboxylic acids is 1. The maximum Gasteiger partial charge on any atom is 0.318 e. The monoisotopic (exact) mass is 250 g/mol. The maximum atomic E-state index is 14.0. The van der Waals surface area contributed by atoms with Gasteiger partial charge in [0.05, 0.1) is 7.11 Å². The third-order valence-corrected chi connectivity index (χ3v) is 4.71. The van der Waals surface area contributed by atoms with Crippen molar-refractivity contribution in [1.29, 1.82) is 0 Å². The van der Waals surface area contributed by atoms with Crippen LogP contribution in [0.5, 0.6) is 0 Å². The zero-order valence-corrected chi connectivity index (χ0v) is 10.1. The predicted molar refractivity (Wildman–Crippen MR) is 58.7 cm³/mol. The van der Waals surface area contributed by atoms with Gasteiger partial charge < -0.3 is 4.74 Å². The number of ether oxygens (including phenoxy) is 1. The molecule has 2 rings (SSSR count). The van der Waals surface area contributed by atoms with Crippen molar-refractivity contribution in [2.24, 2.45) is 11.3 Å². The number of rotatable bonds is 3. The summed E-state index contributed by atoms with van der Waals surface area (Å²) in [6, 6.07) is 0. The van der Waals surface area contributed by atoms with Gasteiger partial charge in [0.1, 0.15) is 5.41 Å². The van der Waals surface area contributed by atoms with Gasteiger partial charge in [-0.1, -0.05) is 12.8 Å². The Morgan fingerprint density at radius 1 is 1.50 bits per heavy atom. The molecule has 1 saturated carbocycles. The molecule has 1 heterocycles. The molecular weight excluding hydrogens is 234 g/mol. The Hall–Kier alpha value is -0.320. The van der Waals surface area contributed by atoms with Gasteiger partial charge in [-0.25, -0.2) is 8.78 Å². The molecule has 2 nitrogen and oxygen atoms in total. The standard InChI is InChI=1S/C11H16F2O2S/c1-15-9(14)10(6-8-2-3-8)7-16-5-4-11(10,12)13/h8H,2-7H2,1H3. The molecule has 1 saturated heterocycles. The molecular formula is C11H16F2O2S. The van der Waals surface area contributed by atoms with Crippen LogP contribution < -0.4 is 0 Å². The van der Waals surface area contributed by atoms with Crippen LogP contribution in [0.15, 0.2) is 0 Å². The highest BCUT2D eigenvalue weighted by molar-refractivity contribution is 7.99. The van der Waals surface area contributed by atoms with E-state index in [1.165, 1.54) is 18.9 Å². The molecule has 1 atom stereocenters. The molecule has 0 aromatic heterocycles. The van der Waals surface area contributed by atoms with Crippen LogP contribution in [0.3, 0.4) is 0 Å². The van der Waals surface area contributed by atoms with Crippen molar-refractivity contribution in [3.63, 3.8) is 0 Å². The van der Waals surface area contributed by atoms with E-state index in [1.54, 1.807) is 0 Å². The highest BCUT2D eigenvalue weighted by atomic mass is 32.2. The lowest BCUT2D eigenvalue weighted by Crippen LogP contribution is -2.53. The largest absolute Gasteiger partial charge is 0.468 e. The number of esters is 1. The molecule has 1 unspecified atom stereocenters. The molecule has 2 fully saturated rings. The second-order valence-electron chi connectivity index (χ2n) is 4.73.